The molecule has 0 spiro atoms. The number of carbonyl (C=O) groups excluding carboxylic acids is 3. The molecule has 13 nitrogen and oxygen atoms in total. The number of aryl methyl sites for hydroxylation is 1. The summed E-state index contributed by atoms with van der Waals surface area (Å²) in [5, 5.41) is 14.2. The summed E-state index contributed by atoms with van der Waals surface area (Å²) in [6.45, 7) is 5.40. The van der Waals surface area contributed by atoms with Gasteiger partial charge in [-0.3, -0.25) is 24.8 Å². The van der Waals surface area contributed by atoms with Crippen LogP contribution in [0.5, 0.6) is 11.8 Å². The molecule has 2 aromatic carbocycles. The van der Waals surface area contributed by atoms with E-state index in [0.717, 1.165) is 19.4 Å². The summed E-state index contributed by atoms with van der Waals surface area (Å²) in [6, 6.07) is 5.59. The van der Waals surface area contributed by atoms with Gasteiger partial charge in [0.05, 0.1) is 22.8 Å². The van der Waals surface area contributed by atoms with Crippen LogP contribution in [0.15, 0.2) is 30.5 Å². The number of ether oxygens (including phenoxy) is 2. The van der Waals surface area contributed by atoms with Crippen molar-refractivity contribution >= 4 is 45.4 Å². The lowest BCUT2D eigenvalue weighted by molar-refractivity contribution is -0.126. The number of carbonyl (C=O) groups is 3. The van der Waals surface area contributed by atoms with Gasteiger partial charge in [-0.05, 0) is 67.1 Å². The molecule has 8 rings (SSSR count). The molecule has 2 N–H and O–H groups in total. The van der Waals surface area contributed by atoms with Gasteiger partial charge >= 0.3 is 12.1 Å². The van der Waals surface area contributed by atoms with E-state index in [9.17, 15) is 19.5 Å². The molecule has 2 aromatic heterocycles. The standard InChI is InChI=1S/C37H39F2N7O6/c1-4-21-26(38)8-7-19-13-20(47)14-22(28(19)21)30-29(39)31-23(15-40-30)32(45-16-24-25(17-45)34(49)43-33(24)48)42-35(41-31)51-18-37-10-6-12-46(37)27(9-11-37)52-36(50)44(3)5-2/h7-8,13-15,24-25,27,47H,4-6,9-12,16-18H2,1-3H3,(H,43,48,49)/t24?,25?,27-,37+/m0/s1. The number of aromatic hydroxyl groups is 1. The highest BCUT2D eigenvalue weighted by Crippen LogP contribution is 2.44. The van der Waals surface area contributed by atoms with Gasteiger partial charge in [0.15, 0.2) is 12.0 Å². The average molecular weight is 716 g/mol. The number of fused-ring (bicyclic) bond motifs is 4. The van der Waals surface area contributed by atoms with Crippen molar-refractivity contribution in [2.75, 3.05) is 44.7 Å². The van der Waals surface area contributed by atoms with E-state index in [1.165, 1.54) is 35.4 Å². The van der Waals surface area contributed by atoms with Crippen molar-refractivity contribution < 1.29 is 37.7 Å². The third kappa shape index (κ3) is 5.44. The van der Waals surface area contributed by atoms with Crippen molar-refractivity contribution in [2.24, 2.45) is 11.8 Å². The van der Waals surface area contributed by atoms with Crippen LogP contribution in [0, 0.1) is 23.5 Å². The highest BCUT2D eigenvalue weighted by Gasteiger charge is 2.52. The molecule has 0 bridgehead atoms. The summed E-state index contributed by atoms with van der Waals surface area (Å²) in [5.41, 5.74) is -0.158. The fourth-order valence-corrected chi connectivity index (χ4v) is 8.47. The van der Waals surface area contributed by atoms with Crippen LogP contribution in [0.1, 0.15) is 45.1 Å². The van der Waals surface area contributed by atoms with Crippen molar-refractivity contribution in [3.8, 4) is 23.0 Å². The Bertz CT molecular complexity index is 2130. The molecule has 6 heterocycles. The maximum atomic E-state index is 17.0. The molecule has 52 heavy (non-hydrogen) atoms. The van der Waals surface area contributed by atoms with Gasteiger partial charge in [0.25, 0.3) is 0 Å². The lowest BCUT2D eigenvalue weighted by atomic mass is 9.94. The molecule has 272 valence electrons. The Kier molecular flexibility index (Phi) is 8.35. The Morgan fingerprint density at radius 1 is 1.12 bits per heavy atom. The molecular formula is C37H39F2N7O6. The summed E-state index contributed by atoms with van der Waals surface area (Å²) in [7, 11) is 1.69. The number of amides is 3. The van der Waals surface area contributed by atoms with Gasteiger partial charge < -0.3 is 24.4 Å². The van der Waals surface area contributed by atoms with E-state index >= 15 is 8.78 Å². The number of phenolic OH excluding ortho intramolecular Hbond substituents is 1. The van der Waals surface area contributed by atoms with Crippen LogP contribution < -0.4 is 15.0 Å². The van der Waals surface area contributed by atoms with Crippen LogP contribution in [-0.2, 0) is 20.7 Å². The Balaban J connectivity index is 1.20. The monoisotopic (exact) mass is 715 g/mol. The smallest absolute Gasteiger partial charge is 0.411 e. The first-order valence-electron chi connectivity index (χ1n) is 17.7. The quantitative estimate of drug-likeness (QED) is 0.248. The van der Waals surface area contributed by atoms with E-state index in [1.807, 2.05) is 6.92 Å². The Labute approximate surface area is 297 Å². The zero-order valence-electron chi connectivity index (χ0n) is 29.1. The molecule has 4 aliphatic heterocycles. The van der Waals surface area contributed by atoms with Crippen LogP contribution >= 0.6 is 0 Å². The van der Waals surface area contributed by atoms with Gasteiger partial charge in [0.2, 0.25) is 11.8 Å². The van der Waals surface area contributed by atoms with Gasteiger partial charge in [0.1, 0.15) is 35.2 Å². The summed E-state index contributed by atoms with van der Waals surface area (Å²) in [5.74, 6) is -3.07. The number of hydrogen-bond acceptors (Lipinski definition) is 11. The number of nitrogens with zero attached hydrogens (tertiary/aromatic N) is 6. The lowest BCUT2D eigenvalue weighted by Gasteiger charge is -2.34. The highest BCUT2D eigenvalue weighted by molar-refractivity contribution is 6.07. The fourth-order valence-electron chi connectivity index (χ4n) is 8.47. The molecule has 2 unspecified atom stereocenters. The van der Waals surface area contributed by atoms with E-state index in [2.05, 4.69) is 20.2 Å². The molecule has 0 saturated carbocycles. The highest BCUT2D eigenvalue weighted by atomic mass is 19.1. The first-order valence-corrected chi connectivity index (χ1v) is 17.7. The zero-order valence-corrected chi connectivity index (χ0v) is 29.1. The van der Waals surface area contributed by atoms with Gasteiger partial charge in [-0.1, -0.05) is 13.0 Å². The lowest BCUT2D eigenvalue weighted by Crippen LogP contribution is -2.48. The minimum absolute atomic E-state index is 0.111. The van der Waals surface area contributed by atoms with Crippen molar-refractivity contribution in [1.29, 1.82) is 0 Å². The van der Waals surface area contributed by atoms with E-state index in [1.54, 1.807) is 18.9 Å². The molecule has 3 amide bonds. The number of benzene rings is 2. The summed E-state index contributed by atoms with van der Waals surface area (Å²) < 4.78 is 44.2. The molecule has 4 fully saturated rings. The number of nitrogens with one attached hydrogen (secondary N) is 1. The van der Waals surface area contributed by atoms with Gasteiger partial charge in [0, 0.05) is 51.4 Å². The number of pyridine rings is 1. The Morgan fingerprint density at radius 3 is 2.62 bits per heavy atom. The first kappa shape index (κ1) is 33.9. The predicted molar refractivity (Wildman–Crippen MR) is 186 cm³/mol. The number of phenols is 1. The molecule has 0 aliphatic carbocycles. The van der Waals surface area contributed by atoms with Crippen LogP contribution in [0.2, 0.25) is 0 Å². The van der Waals surface area contributed by atoms with Gasteiger partial charge in [-0.2, -0.15) is 9.97 Å². The molecular weight excluding hydrogens is 676 g/mol. The van der Waals surface area contributed by atoms with Crippen molar-refractivity contribution in [2.45, 2.75) is 57.7 Å². The molecule has 4 saturated heterocycles. The third-order valence-corrected chi connectivity index (χ3v) is 11.3. The van der Waals surface area contributed by atoms with Gasteiger partial charge in [-0.15, -0.1) is 0 Å². The van der Waals surface area contributed by atoms with Crippen LogP contribution in [0.25, 0.3) is 32.9 Å². The minimum Gasteiger partial charge on any atom is -0.508 e. The van der Waals surface area contributed by atoms with Crippen LogP contribution in [0.3, 0.4) is 0 Å². The summed E-state index contributed by atoms with van der Waals surface area (Å²) in [6.07, 6.45) is 3.94. The maximum Gasteiger partial charge on any atom is 0.411 e. The second kappa shape index (κ2) is 12.8. The summed E-state index contributed by atoms with van der Waals surface area (Å²) >= 11 is 0. The molecule has 15 heteroatoms. The van der Waals surface area contributed by atoms with Crippen LogP contribution in [0.4, 0.5) is 19.4 Å². The van der Waals surface area contributed by atoms with Crippen LogP contribution in [-0.4, -0.2) is 99.4 Å². The van der Waals surface area contributed by atoms with Gasteiger partial charge in [-0.25, -0.2) is 13.6 Å². The van der Waals surface area contributed by atoms with E-state index in [0.29, 0.717) is 42.1 Å². The molecule has 4 aliphatic rings. The number of imide groups is 1. The van der Waals surface area contributed by atoms with E-state index < -0.39 is 41.3 Å². The fraction of sp³-hybridized carbons (Fsp3) is 0.459. The number of aromatic nitrogens is 3. The maximum absolute atomic E-state index is 17.0. The number of anilines is 1. The first-order chi connectivity index (χ1) is 25.0. The van der Waals surface area contributed by atoms with E-state index in [4.69, 9.17) is 14.5 Å². The number of halogens is 2. The second-order valence-corrected chi connectivity index (χ2v) is 14.2. The van der Waals surface area contributed by atoms with Crippen molar-refractivity contribution in [3.05, 3.63) is 47.7 Å². The zero-order chi connectivity index (χ0) is 36.5. The molecule has 0 radical (unpaired) electrons. The molecule has 4 atom stereocenters. The Hall–Kier alpha value is -5.18. The SMILES string of the molecule is CCc1c(F)ccc2cc(O)cc(-c3ncc4c(N5CC6C(=O)NC(=O)C6C5)nc(OC[C@]56CCCN5[C@@H](OC(=O)N(C)CC)CC6)nc4c3F)c12. The normalized spacial score (nSPS) is 24.1. The second-order valence-electron chi connectivity index (χ2n) is 14.2. The topological polar surface area (TPSA) is 150 Å². The average Bonchev–Trinajstić information content (AvgIpc) is 3.90. The predicted octanol–water partition coefficient (Wildman–Crippen LogP) is 4.52. The van der Waals surface area contributed by atoms with E-state index in [-0.39, 0.29) is 71.2 Å². The van der Waals surface area contributed by atoms with Crippen molar-refractivity contribution in [3.63, 3.8) is 0 Å². The molecule has 4 aromatic rings. The largest absolute Gasteiger partial charge is 0.508 e. The summed E-state index contributed by atoms with van der Waals surface area (Å²) in [4.78, 5) is 56.9. The minimum atomic E-state index is -0.828. The number of hydrogen-bond donors (Lipinski definition) is 2. The Morgan fingerprint density at radius 2 is 1.88 bits per heavy atom. The number of rotatable bonds is 8. The third-order valence-electron chi connectivity index (χ3n) is 11.3. The van der Waals surface area contributed by atoms with Crippen molar-refractivity contribution in [1.82, 2.24) is 30.1 Å².